The van der Waals surface area contributed by atoms with Crippen molar-refractivity contribution < 1.29 is 4.74 Å². The van der Waals surface area contributed by atoms with Gasteiger partial charge in [-0.05, 0) is 48.0 Å². The number of nitrogens with zero attached hydrogens (tertiary/aromatic N) is 2. The highest BCUT2D eigenvalue weighted by atomic mass is 32.1. The molecule has 0 amide bonds. The molecule has 2 aromatic carbocycles. The first-order valence-electron chi connectivity index (χ1n) is 8.46. The Labute approximate surface area is 155 Å². The Morgan fingerprint density at radius 2 is 1.85 bits per heavy atom. The van der Waals surface area contributed by atoms with Crippen molar-refractivity contribution in [3.63, 3.8) is 0 Å². The molecule has 4 aromatic rings. The van der Waals surface area contributed by atoms with Crippen molar-refractivity contribution in [3.8, 4) is 16.3 Å². The molecule has 2 aromatic heterocycles. The van der Waals surface area contributed by atoms with Gasteiger partial charge in [0.2, 0.25) is 0 Å². The highest BCUT2D eigenvalue weighted by Crippen LogP contribution is 2.25. The Hall–Kier alpha value is -2.92. The number of aryl methyl sites for hydroxylation is 1. The summed E-state index contributed by atoms with van der Waals surface area (Å²) in [6.45, 7) is 2.85. The maximum absolute atomic E-state index is 12.1. The number of hydrogen-bond acceptors (Lipinski definition) is 4. The van der Waals surface area contributed by atoms with Crippen LogP contribution in [0.1, 0.15) is 4.88 Å². The van der Waals surface area contributed by atoms with E-state index in [1.54, 1.807) is 23.5 Å². The Kier molecular flexibility index (Phi) is 4.54. The van der Waals surface area contributed by atoms with Gasteiger partial charge in [-0.15, -0.1) is 11.3 Å². The Morgan fingerprint density at radius 3 is 2.65 bits per heavy atom. The van der Waals surface area contributed by atoms with Crippen molar-refractivity contribution in [1.29, 1.82) is 0 Å². The van der Waals surface area contributed by atoms with Crippen LogP contribution in [0.3, 0.4) is 0 Å². The van der Waals surface area contributed by atoms with Gasteiger partial charge in [0, 0.05) is 10.9 Å². The summed E-state index contributed by atoms with van der Waals surface area (Å²) in [4.78, 5) is 14.4. The SMILES string of the molecule is Cc1ccc(-c2ccc(=O)n(CCOc3ccc4ccccc4c3)n2)s1. The molecular formula is C21H18N2O2S. The third-order valence-electron chi connectivity index (χ3n) is 4.15. The number of hydrogen-bond donors (Lipinski definition) is 0. The first-order chi connectivity index (χ1) is 12.7. The van der Waals surface area contributed by atoms with Crippen LogP contribution in [0.15, 0.2) is 71.5 Å². The fourth-order valence-corrected chi connectivity index (χ4v) is 3.65. The molecule has 0 aliphatic heterocycles. The van der Waals surface area contributed by atoms with Crippen molar-refractivity contribution in [3.05, 3.63) is 82.0 Å². The third-order valence-corrected chi connectivity index (χ3v) is 5.18. The fraction of sp³-hybridized carbons (Fsp3) is 0.143. The second-order valence-electron chi connectivity index (χ2n) is 6.05. The van der Waals surface area contributed by atoms with Gasteiger partial charge in [0.25, 0.3) is 5.56 Å². The zero-order valence-corrected chi connectivity index (χ0v) is 15.2. The number of fused-ring (bicyclic) bond motifs is 1. The van der Waals surface area contributed by atoms with Crippen LogP contribution in [0.25, 0.3) is 21.3 Å². The predicted octanol–water partition coefficient (Wildman–Crippen LogP) is 4.51. The molecule has 5 heteroatoms. The maximum Gasteiger partial charge on any atom is 0.266 e. The van der Waals surface area contributed by atoms with Gasteiger partial charge in [0.05, 0.1) is 11.4 Å². The normalized spacial score (nSPS) is 11.0. The van der Waals surface area contributed by atoms with E-state index in [0.29, 0.717) is 13.2 Å². The molecule has 0 aliphatic carbocycles. The second-order valence-corrected chi connectivity index (χ2v) is 7.34. The molecule has 0 bridgehead atoms. The van der Waals surface area contributed by atoms with E-state index >= 15 is 0 Å². The lowest BCUT2D eigenvalue weighted by molar-refractivity contribution is 0.288. The van der Waals surface area contributed by atoms with E-state index in [0.717, 1.165) is 21.7 Å². The second kappa shape index (κ2) is 7.14. The summed E-state index contributed by atoms with van der Waals surface area (Å²) in [7, 11) is 0. The zero-order chi connectivity index (χ0) is 17.9. The van der Waals surface area contributed by atoms with Crippen LogP contribution in [-0.4, -0.2) is 16.4 Å². The molecule has 130 valence electrons. The Balaban J connectivity index is 1.47. The number of aromatic nitrogens is 2. The number of rotatable bonds is 5. The van der Waals surface area contributed by atoms with E-state index in [1.807, 2.05) is 36.4 Å². The molecule has 0 saturated heterocycles. The smallest absolute Gasteiger partial charge is 0.266 e. The lowest BCUT2D eigenvalue weighted by Gasteiger charge is -2.09. The minimum Gasteiger partial charge on any atom is -0.492 e. The van der Waals surface area contributed by atoms with Crippen molar-refractivity contribution >= 4 is 22.1 Å². The number of thiophene rings is 1. The van der Waals surface area contributed by atoms with Gasteiger partial charge in [-0.3, -0.25) is 4.79 Å². The number of benzene rings is 2. The summed E-state index contributed by atoms with van der Waals surface area (Å²) in [5.74, 6) is 0.793. The van der Waals surface area contributed by atoms with E-state index < -0.39 is 0 Å². The van der Waals surface area contributed by atoms with Crippen molar-refractivity contribution in [2.24, 2.45) is 0 Å². The molecule has 4 rings (SSSR count). The average molecular weight is 362 g/mol. The monoisotopic (exact) mass is 362 g/mol. The van der Waals surface area contributed by atoms with Gasteiger partial charge >= 0.3 is 0 Å². The lowest BCUT2D eigenvalue weighted by Crippen LogP contribution is -2.25. The topological polar surface area (TPSA) is 44.1 Å². The molecule has 0 radical (unpaired) electrons. The molecule has 0 fully saturated rings. The highest BCUT2D eigenvalue weighted by molar-refractivity contribution is 7.15. The van der Waals surface area contributed by atoms with E-state index in [4.69, 9.17) is 4.74 Å². The minimum absolute atomic E-state index is 0.121. The lowest BCUT2D eigenvalue weighted by atomic mass is 10.1. The fourth-order valence-electron chi connectivity index (χ4n) is 2.82. The first kappa shape index (κ1) is 16.5. The molecule has 0 aliphatic rings. The summed E-state index contributed by atoms with van der Waals surface area (Å²) in [5, 5.41) is 6.78. The van der Waals surface area contributed by atoms with Gasteiger partial charge in [-0.1, -0.05) is 30.3 Å². The molecule has 0 N–H and O–H groups in total. The van der Waals surface area contributed by atoms with Gasteiger partial charge in [0.15, 0.2) is 0 Å². The molecular weight excluding hydrogens is 344 g/mol. The van der Waals surface area contributed by atoms with E-state index in [1.165, 1.54) is 14.9 Å². The van der Waals surface area contributed by atoms with E-state index in [9.17, 15) is 4.79 Å². The van der Waals surface area contributed by atoms with E-state index in [2.05, 4.69) is 30.2 Å². The maximum atomic E-state index is 12.1. The van der Waals surface area contributed by atoms with Gasteiger partial charge < -0.3 is 4.74 Å². The molecule has 2 heterocycles. The Bertz CT molecular complexity index is 1110. The minimum atomic E-state index is -0.121. The van der Waals surface area contributed by atoms with Gasteiger partial charge in [0.1, 0.15) is 18.1 Å². The highest BCUT2D eigenvalue weighted by Gasteiger charge is 2.06. The van der Waals surface area contributed by atoms with Crippen LogP contribution in [0, 0.1) is 6.92 Å². The predicted molar refractivity (Wildman–Crippen MR) is 106 cm³/mol. The van der Waals surface area contributed by atoms with Crippen molar-refractivity contribution in [1.82, 2.24) is 9.78 Å². The molecule has 0 atom stereocenters. The molecule has 4 nitrogen and oxygen atoms in total. The summed E-state index contributed by atoms with van der Waals surface area (Å²) in [5.41, 5.74) is 0.692. The van der Waals surface area contributed by atoms with Crippen molar-refractivity contribution in [2.45, 2.75) is 13.5 Å². The molecule has 26 heavy (non-hydrogen) atoms. The largest absolute Gasteiger partial charge is 0.492 e. The van der Waals surface area contributed by atoms with Crippen LogP contribution in [0.2, 0.25) is 0 Å². The molecule has 0 spiro atoms. The van der Waals surface area contributed by atoms with Crippen LogP contribution in [-0.2, 0) is 6.54 Å². The molecule has 0 unspecified atom stereocenters. The van der Waals surface area contributed by atoms with Gasteiger partial charge in [-0.2, -0.15) is 5.10 Å². The summed E-state index contributed by atoms with van der Waals surface area (Å²) < 4.78 is 7.29. The third kappa shape index (κ3) is 3.53. The molecule has 0 saturated carbocycles. The average Bonchev–Trinajstić information content (AvgIpc) is 3.09. The van der Waals surface area contributed by atoms with Crippen molar-refractivity contribution in [2.75, 3.05) is 6.61 Å². The summed E-state index contributed by atoms with van der Waals surface area (Å²) in [6, 6.07) is 21.6. The first-order valence-corrected chi connectivity index (χ1v) is 9.27. The summed E-state index contributed by atoms with van der Waals surface area (Å²) >= 11 is 1.67. The number of ether oxygens (including phenoxy) is 1. The quantitative estimate of drug-likeness (QED) is 0.525. The van der Waals surface area contributed by atoms with Crippen LogP contribution >= 0.6 is 11.3 Å². The van der Waals surface area contributed by atoms with Crippen LogP contribution < -0.4 is 10.3 Å². The van der Waals surface area contributed by atoms with Crippen LogP contribution in [0.5, 0.6) is 5.75 Å². The Morgan fingerprint density at radius 1 is 1.00 bits per heavy atom. The van der Waals surface area contributed by atoms with E-state index in [-0.39, 0.29) is 5.56 Å². The summed E-state index contributed by atoms with van der Waals surface area (Å²) in [6.07, 6.45) is 0. The van der Waals surface area contributed by atoms with Gasteiger partial charge in [-0.25, -0.2) is 4.68 Å². The van der Waals surface area contributed by atoms with Crippen LogP contribution in [0.4, 0.5) is 0 Å². The zero-order valence-electron chi connectivity index (χ0n) is 14.4. The standard InChI is InChI=1S/C21H18N2O2S/c1-15-6-10-20(26-15)19-9-11-21(24)23(22-19)12-13-25-18-8-7-16-4-2-3-5-17(16)14-18/h2-11,14H,12-13H2,1H3.